The fourth-order valence-corrected chi connectivity index (χ4v) is 4.12. The topological polar surface area (TPSA) is 90.3 Å². The van der Waals surface area contributed by atoms with Crippen molar-refractivity contribution in [2.75, 3.05) is 11.9 Å². The molecule has 1 amide bonds. The van der Waals surface area contributed by atoms with Gasteiger partial charge in [0, 0.05) is 21.4 Å². The summed E-state index contributed by atoms with van der Waals surface area (Å²) in [7, 11) is 0. The van der Waals surface area contributed by atoms with Gasteiger partial charge in [-0.15, -0.1) is 11.3 Å². The molecule has 0 aliphatic heterocycles. The lowest BCUT2D eigenvalue weighted by atomic mass is 10.2. The third-order valence-electron chi connectivity index (χ3n) is 4.60. The maximum atomic E-state index is 13.5. The van der Waals surface area contributed by atoms with E-state index in [1.165, 1.54) is 5.38 Å². The van der Waals surface area contributed by atoms with Crippen LogP contribution in [-0.4, -0.2) is 28.3 Å². The van der Waals surface area contributed by atoms with Crippen LogP contribution in [0.1, 0.15) is 27.8 Å². The molecule has 0 aliphatic rings. The Kier molecular flexibility index (Phi) is 6.21. The lowest BCUT2D eigenvalue weighted by Gasteiger charge is -2.10. The molecule has 0 radical (unpaired) electrons. The van der Waals surface area contributed by atoms with E-state index in [-0.39, 0.29) is 33.6 Å². The van der Waals surface area contributed by atoms with Crippen molar-refractivity contribution in [2.45, 2.75) is 6.92 Å². The summed E-state index contributed by atoms with van der Waals surface area (Å²) in [6.45, 7) is 1.72. The number of nitrogens with zero attached hydrogens (tertiary/aromatic N) is 2. The predicted octanol–water partition coefficient (Wildman–Crippen LogP) is 4.81. The largest absolute Gasteiger partial charge is 0.461 e. The van der Waals surface area contributed by atoms with Crippen LogP contribution >= 0.6 is 22.9 Å². The molecule has 0 aliphatic carbocycles. The van der Waals surface area contributed by atoms with Crippen molar-refractivity contribution in [2.24, 2.45) is 0 Å². The number of thiophene rings is 1. The minimum atomic E-state index is -1.18. The van der Waals surface area contributed by atoms with Gasteiger partial charge in [-0.1, -0.05) is 11.6 Å². The first-order valence-electron chi connectivity index (χ1n) is 9.54. The number of hydrogen-bond donors (Lipinski definition) is 1. The number of carbonyl (C=O) groups excluding carboxylic acids is 2. The van der Waals surface area contributed by atoms with Gasteiger partial charge in [0.2, 0.25) is 0 Å². The molecule has 0 atom stereocenters. The Morgan fingerprint density at radius 2 is 1.88 bits per heavy atom. The second kappa shape index (κ2) is 9.08. The number of aromatic nitrogens is 2. The third-order valence-corrected chi connectivity index (χ3v) is 5.75. The van der Waals surface area contributed by atoms with E-state index in [4.69, 9.17) is 16.3 Å². The molecule has 0 saturated heterocycles. The van der Waals surface area contributed by atoms with Crippen LogP contribution in [0.2, 0.25) is 5.02 Å². The van der Waals surface area contributed by atoms with Crippen LogP contribution in [0.15, 0.2) is 52.6 Å². The molecule has 33 heavy (non-hydrogen) atoms. The molecule has 0 saturated carbocycles. The number of anilines is 1. The van der Waals surface area contributed by atoms with E-state index in [1.54, 1.807) is 31.2 Å². The predicted molar refractivity (Wildman–Crippen MR) is 120 cm³/mol. The molecule has 2 aromatic heterocycles. The standard InChI is InChI=1S/C22H14ClF2N3O4S/c1-2-32-22(31)18-14-10-33-20(26-19(29)11-3-8-15(24)16(25)9-11)17(14)21(30)28(27-18)13-6-4-12(23)5-7-13/h3-10H,2H2,1H3,(H,26,29). The number of nitrogens with one attached hydrogen (secondary N) is 1. The second-order valence-electron chi connectivity index (χ2n) is 6.70. The lowest BCUT2D eigenvalue weighted by Crippen LogP contribution is -2.25. The Morgan fingerprint density at radius 3 is 2.55 bits per heavy atom. The molecule has 4 aromatic rings. The van der Waals surface area contributed by atoms with E-state index in [0.717, 1.165) is 34.2 Å². The van der Waals surface area contributed by atoms with E-state index < -0.39 is 29.1 Å². The van der Waals surface area contributed by atoms with Crippen LogP contribution in [0.3, 0.4) is 0 Å². The Bertz CT molecular complexity index is 1450. The zero-order chi connectivity index (χ0) is 23.7. The summed E-state index contributed by atoms with van der Waals surface area (Å²) >= 11 is 6.90. The molecule has 11 heteroatoms. The number of carbonyl (C=O) groups is 2. The van der Waals surface area contributed by atoms with Gasteiger partial charge in [0.1, 0.15) is 5.00 Å². The van der Waals surface area contributed by atoms with E-state index in [9.17, 15) is 23.2 Å². The van der Waals surface area contributed by atoms with Crippen molar-refractivity contribution in [3.63, 3.8) is 0 Å². The van der Waals surface area contributed by atoms with Crippen molar-refractivity contribution in [1.29, 1.82) is 0 Å². The number of halogens is 3. The van der Waals surface area contributed by atoms with Crippen molar-refractivity contribution in [1.82, 2.24) is 9.78 Å². The maximum absolute atomic E-state index is 13.5. The Labute approximate surface area is 194 Å². The second-order valence-corrected chi connectivity index (χ2v) is 8.02. The number of hydrogen-bond acceptors (Lipinski definition) is 6. The van der Waals surface area contributed by atoms with Gasteiger partial charge in [0.15, 0.2) is 17.3 Å². The summed E-state index contributed by atoms with van der Waals surface area (Å²) in [4.78, 5) is 38.5. The summed E-state index contributed by atoms with van der Waals surface area (Å²) in [5.41, 5.74) is -0.540. The molecule has 2 heterocycles. The maximum Gasteiger partial charge on any atom is 0.359 e. The van der Waals surface area contributed by atoms with Gasteiger partial charge in [-0.3, -0.25) is 9.59 Å². The normalized spacial score (nSPS) is 10.9. The highest BCUT2D eigenvalue weighted by atomic mass is 35.5. The Morgan fingerprint density at radius 1 is 1.15 bits per heavy atom. The average molecular weight is 490 g/mol. The third kappa shape index (κ3) is 4.35. The van der Waals surface area contributed by atoms with Crippen LogP contribution < -0.4 is 10.9 Å². The van der Waals surface area contributed by atoms with Crippen LogP contribution in [0, 0.1) is 11.6 Å². The molecule has 168 valence electrons. The van der Waals surface area contributed by atoms with Crippen LogP contribution in [-0.2, 0) is 4.74 Å². The van der Waals surface area contributed by atoms with Gasteiger partial charge in [-0.2, -0.15) is 9.78 Å². The molecule has 2 aromatic carbocycles. The summed E-state index contributed by atoms with van der Waals surface area (Å²) in [6, 6.07) is 8.89. The summed E-state index contributed by atoms with van der Waals surface area (Å²) in [6.07, 6.45) is 0. The zero-order valence-electron chi connectivity index (χ0n) is 16.9. The number of esters is 1. The summed E-state index contributed by atoms with van der Waals surface area (Å²) < 4.78 is 32.8. The quantitative estimate of drug-likeness (QED) is 0.406. The average Bonchev–Trinajstić information content (AvgIpc) is 3.21. The number of fused-ring (bicyclic) bond motifs is 1. The van der Waals surface area contributed by atoms with Gasteiger partial charge >= 0.3 is 5.97 Å². The van der Waals surface area contributed by atoms with E-state index in [0.29, 0.717) is 10.7 Å². The minimum absolute atomic E-state index is 0.0175. The SMILES string of the molecule is CCOC(=O)c1nn(-c2ccc(Cl)cc2)c(=O)c2c(NC(=O)c3ccc(F)c(F)c3)scc12. The van der Waals surface area contributed by atoms with E-state index >= 15 is 0 Å². The number of ether oxygens (including phenoxy) is 1. The van der Waals surface area contributed by atoms with Crippen LogP contribution in [0.5, 0.6) is 0 Å². The molecular weight excluding hydrogens is 476 g/mol. The highest BCUT2D eigenvalue weighted by molar-refractivity contribution is 7.16. The molecule has 0 unspecified atom stereocenters. The lowest BCUT2D eigenvalue weighted by molar-refractivity contribution is 0.0520. The number of amides is 1. The van der Waals surface area contributed by atoms with Crippen LogP contribution in [0.25, 0.3) is 16.5 Å². The van der Waals surface area contributed by atoms with E-state index in [1.807, 2.05) is 0 Å². The fourth-order valence-electron chi connectivity index (χ4n) is 3.06. The van der Waals surface area contributed by atoms with Crippen molar-refractivity contribution in [3.05, 3.63) is 86.1 Å². The minimum Gasteiger partial charge on any atom is -0.461 e. The monoisotopic (exact) mass is 489 g/mol. The molecule has 4 rings (SSSR count). The molecular formula is C22H14ClF2N3O4S. The van der Waals surface area contributed by atoms with Crippen molar-refractivity contribution < 1.29 is 23.1 Å². The highest BCUT2D eigenvalue weighted by Crippen LogP contribution is 2.31. The molecule has 0 spiro atoms. The summed E-state index contributed by atoms with van der Waals surface area (Å²) in [5, 5.41) is 8.96. The highest BCUT2D eigenvalue weighted by Gasteiger charge is 2.23. The number of benzene rings is 2. The first-order valence-corrected chi connectivity index (χ1v) is 10.8. The van der Waals surface area contributed by atoms with Gasteiger partial charge < -0.3 is 10.1 Å². The van der Waals surface area contributed by atoms with E-state index in [2.05, 4.69) is 10.4 Å². The van der Waals surface area contributed by atoms with Gasteiger partial charge in [-0.05, 0) is 49.4 Å². The number of rotatable bonds is 5. The van der Waals surface area contributed by atoms with Gasteiger partial charge in [-0.25, -0.2) is 13.6 Å². The first kappa shape index (κ1) is 22.6. The molecule has 7 nitrogen and oxygen atoms in total. The Hall–Kier alpha value is -3.63. The van der Waals surface area contributed by atoms with Crippen LogP contribution in [0.4, 0.5) is 13.8 Å². The van der Waals surface area contributed by atoms with Crippen molar-refractivity contribution in [3.8, 4) is 5.69 Å². The fraction of sp³-hybridized carbons (Fsp3) is 0.0909. The van der Waals surface area contributed by atoms with Crippen molar-refractivity contribution >= 4 is 50.6 Å². The molecule has 0 fully saturated rings. The zero-order valence-corrected chi connectivity index (χ0v) is 18.5. The van der Waals surface area contributed by atoms with Gasteiger partial charge in [0.25, 0.3) is 11.5 Å². The molecule has 1 N–H and O–H groups in total. The summed E-state index contributed by atoms with van der Waals surface area (Å²) in [5.74, 6) is -3.78. The molecule has 0 bridgehead atoms. The van der Waals surface area contributed by atoms with Gasteiger partial charge in [0.05, 0.1) is 17.7 Å². The Balaban J connectivity index is 1.87. The first-order chi connectivity index (χ1) is 15.8. The smallest absolute Gasteiger partial charge is 0.359 e.